The average molecular weight is 1070 g/mol. The van der Waals surface area contributed by atoms with Crippen LogP contribution in [-0.2, 0) is 17.8 Å². The van der Waals surface area contributed by atoms with Crippen LogP contribution in [0.4, 0.5) is 20.2 Å². The molecule has 0 saturated heterocycles. The van der Waals surface area contributed by atoms with Crippen LogP contribution in [0.15, 0.2) is 158 Å². The summed E-state index contributed by atoms with van der Waals surface area (Å²) in [6.07, 6.45) is 8.90. The maximum Gasteiger partial charge on any atom is 1.00 e. The van der Waals surface area contributed by atoms with Crippen molar-refractivity contribution in [2.75, 3.05) is 23.7 Å². The van der Waals surface area contributed by atoms with Gasteiger partial charge in [0.05, 0.1) is 46.2 Å². The van der Waals surface area contributed by atoms with Crippen molar-refractivity contribution < 1.29 is 54.1 Å². The number of hydrogen-bond acceptors (Lipinski definition) is 8. The minimum atomic E-state index is -0.492. The predicted molar refractivity (Wildman–Crippen MR) is 308 cm³/mol. The molecule has 10 rings (SSSR count). The molecule has 2 aliphatic carbocycles. The number of carbonyl (C=O) groups is 3. The molecule has 2 atom stereocenters. The summed E-state index contributed by atoms with van der Waals surface area (Å²) in [6.45, 7) is 9.48. The maximum atomic E-state index is 15.0. The van der Waals surface area contributed by atoms with Crippen LogP contribution in [0.2, 0.25) is 0 Å². The number of nitrogens with one attached hydrogen (secondary N) is 4. The van der Waals surface area contributed by atoms with E-state index in [1.807, 2.05) is 86.6 Å². The Kier molecular flexibility index (Phi) is 23.3. The Morgan fingerprint density at radius 3 is 1.44 bits per heavy atom. The Morgan fingerprint density at radius 2 is 1.04 bits per heavy atom. The number of aromatic nitrogens is 4. The topological polar surface area (TPSA) is 161 Å². The molecule has 2 saturated carbocycles. The molecule has 12 nitrogen and oxygen atoms in total. The zero-order valence-electron chi connectivity index (χ0n) is 46.9. The predicted octanol–water partition coefficient (Wildman–Crippen LogP) is 9.06. The number of nitrogens with two attached hydrogens (primary N) is 1. The van der Waals surface area contributed by atoms with Gasteiger partial charge in [-0.3, -0.25) is 9.59 Å². The second-order valence-corrected chi connectivity index (χ2v) is 19.8. The average Bonchev–Trinajstić information content (AvgIpc) is 4.40. The van der Waals surface area contributed by atoms with Crippen molar-refractivity contribution >= 4 is 37.9 Å². The molecule has 8 aromatic rings. The molecular weight excluding hydrogens is 1000 g/mol. The fourth-order valence-corrected chi connectivity index (χ4v) is 9.13. The van der Waals surface area contributed by atoms with Crippen LogP contribution < -0.4 is 56.6 Å². The van der Waals surface area contributed by atoms with E-state index in [2.05, 4.69) is 74.8 Å². The summed E-state index contributed by atoms with van der Waals surface area (Å²) in [4.78, 5) is 35.6. The van der Waals surface area contributed by atoms with Gasteiger partial charge in [0.15, 0.2) is 0 Å². The number of unbranched alkanes of at least 4 members (excludes halogenated alkanes) is 1. The second kappa shape index (κ2) is 29.9. The van der Waals surface area contributed by atoms with Crippen LogP contribution >= 0.6 is 0 Å². The summed E-state index contributed by atoms with van der Waals surface area (Å²) in [5, 5.41) is 21.9. The second-order valence-electron chi connectivity index (χ2n) is 19.8. The van der Waals surface area contributed by atoms with E-state index >= 15 is 0 Å². The van der Waals surface area contributed by atoms with Crippen molar-refractivity contribution in [1.82, 2.24) is 30.2 Å². The zero-order valence-corrected chi connectivity index (χ0v) is 47.9. The molecule has 0 spiro atoms. The minimum Gasteiger partial charge on any atom is -1.00 e. The molecule has 2 aromatic heterocycles. The number of amides is 2. The molecule has 6 N–H and O–H groups in total. The number of benzene rings is 6. The number of carbonyl (C=O) groups excluding carboxylic acids is 3. The molecule has 16 heteroatoms. The Hall–Kier alpha value is -6.85. The van der Waals surface area contributed by atoms with Crippen molar-refractivity contribution in [1.29, 1.82) is 0 Å². The number of hydrogen-bond donors (Lipinski definition) is 5. The quantitative estimate of drug-likeness (QED) is 0.0374. The fraction of sp³-hybridized carbons (Fsp3) is 0.286. The SMILES string of the molecule is CC=O.CCCCc1cccc(-n2nc(C)cc2C(=O)Nc2cc(C(NCC3CC3)c3ccccc3)ccc2F)c1.Cc1cc(C(=O)Nc2cc(C(NCC3CC3)c3ccccc3)ccc2F)n(-c2cccc(CN)c2)n1.[B].[H-].[Na+]. The molecule has 2 fully saturated rings. The number of aryl methyl sites for hydroxylation is 3. The van der Waals surface area contributed by atoms with E-state index in [0.29, 0.717) is 35.5 Å². The summed E-state index contributed by atoms with van der Waals surface area (Å²) in [5.74, 6) is -0.411. The van der Waals surface area contributed by atoms with Gasteiger partial charge in [-0.25, -0.2) is 18.1 Å². The monoisotopic (exact) mass is 1070 g/mol. The molecule has 2 aliphatic rings. The largest absolute Gasteiger partial charge is 1.00 e. The van der Waals surface area contributed by atoms with Crippen molar-refractivity contribution in [3.63, 3.8) is 0 Å². The molecule has 6 aromatic carbocycles. The molecule has 79 heavy (non-hydrogen) atoms. The van der Waals surface area contributed by atoms with E-state index < -0.39 is 23.4 Å². The van der Waals surface area contributed by atoms with Crippen molar-refractivity contribution in [2.24, 2.45) is 17.6 Å². The van der Waals surface area contributed by atoms with E-state index in [1.54, 1.807) is 45.8 Å². The third-order valence-electron chi connectivity index (χ3n) is 13.5. The van der Waals surface area contributed by atoms with Gasteiger partial charge >= 0.3 is 29.6 Å². The molecule has 0 bridgehead atoms. The fourth-order valence-electron chi connectivity index (χ4n) is 9.13. The van der Waals surface area contributed by atoms with E-state index in [-0.39, 0.29) is 62.9 Å². The summed E-state index contributed by atoms with van der Waals surface area (Å²) in [5.41, 5.74) is 15.8. The number of anilines is 2. The van der Waals surface area contributed by atoms with Gasteiger partial charge < -0.3 is 33.2 Å². The van der Waals surface area contributed by atoms with Crippen molar-refractivity contribution in [2.45, 2.75) is 91.3 Å². The Bertz CT molecular complexity index is 3260. The first-order valence-electron chi connectivity index (χ1n) is 26.6. The summed E-state index contributed by atoms with van der Waals surface area (Å²) < 4.78 is 33.1. The zero-order chi connectivity index (χ0) is 54.3. The molecule has 3 radical (unpaired) electrons. The molecule has 0 aliphatic heterocycles. The molecular formula is C63H70BF2N9NaO3. The maximum absolute atomic E-state index is 15.0. The van der Waals surface area contributed by atoms with Gasteiger partial charge in [0.1, 0.15) is 29.3 Å². The van der Waals surface area contributed by atoms with Gasteiger partial charge in [-0.15, -0.1) is 0 Å². The van der Waals surface area contributed by atoms with E-state index in [0.717, 1.165) is 83.5 Å². The normalized spacial score (nSPS) is 13.2. The van der Waals surface area contributed by atoms with Gasteiger partial charge in [0.25, 0.3) is 11.8 Å². The van der Waals surface area contributed by atoms with Crippen molar-refractivity contribution in [3.05, 3.63) is 226 Å². The number of halogens is 2. The molecule has 2 amide bonds. The van der Waals surface area contributed by atoms with Crippen LogP contribution in [0.5, 0.6) is 0 Å². The van der Waals surface area contributed by atoms with Crippen molar-refractivity contribution in [3.8, 4) is 11.4 Å². The minimum absolute atomic E-state index is 0. The summed E-state index contributed by atoms with van der Waals surface area (Å²) in [7, 11) is 0. The Balaban J connectivity index is 0.000000271. The van der Waals surface area contributed by atoms with E-state index in [4.69, 9.17) is 10.5 Å². The van der Waals surface area contributed by atoms with Gasteiger partial charge in [-0.1, -0.05) is 110 Å². The third kappa shape index (κ3) is 17.1. The molecule has 2 unspecified atom stereocenters. The summed E-state index contributed by atoms with van der Waals surface area (Å²) >= 11 is 0. The smallest absolute Gasteiger partial charge is 1.00 e. The first kappa shape index (κ1) is 61.4. The van der Waals surface area contributed by atoms with Gasteiger partial charge in [0, 0.05) is 15.0 Å². The van der Waals surface area contributed by atoms with E-state index in [1.165, 1.54) is 50.3 Å². The standard InChI is InChI=1S/C32H35FN4O.C29H30FN5O.C2H4O.B.Na.H/c1-3-4-9-23-10-8-13-27(19-23)37-30(18-22(2)36-37)32(38)35-29-20-26(16-17-28(29)33)31(34-21-24-14-15-24)25-11-6-5-7-12-25;1-19-14-27(35(34-19)24-9-5-6-21(15-24)17-31)29(36)33-26-16-23(12-13-25(26)30)28(32-18-20-10-11-20)22-7-3-2-4-8-22;1-2-3;;;/h5-8,10-13,16-20,24,31,34H,3-4,9,14-15,21H2,1-2H3,(H,35,38);2-9,12-16,20,28,32H,10-11,17-18,31H2,1H3,(H,33,36);2H,1H3;;;/q;;;;+1;-1. The van der Waals surface area contributed by atoms with E-state index in [9.17, 15) is 18.4 Å². The molecule has 2 heterocycles. The Labute approximate surface area is 488 Å². The van der Waals surface area contributed by atoms with Crippen LogP contribution in [0.25, 0.3) is 11.4 Å². The third-order valence-corrected chi connectivity index (χ3v) is 13.5. The number of rotatable bonds is 20. The summed E-state index contributed by atoms with van der Waals surface area (Å²) in [6, 6.07) is 49.0. The molecule has 403 valence electrons. The first-order chi connectivity index (χ1) is 37.4. The van der Waals surface area contributed by atoms with Crippen LogP contribution in [0.3, 0.4) is 0 Å². The van der Waals surface area contributed by atoms with Crippen LogP contribution in [0, 0.1) is 37.3 Å². The van der Waals surface area contributed by atoms with Gasteiger partial charge in [-0.05, 0) is 178 Å². The van der Waals surface area contributed by atoms with Crippen LogP contribution in [-0.4, -0.2) is 59.2 Å². The van der Waals surface area contributed by atoms with Crippen LogP contribution in [0.1, 0.15) is 132 Å². The first-order valence-corrected chi connectivity index (χ1v) is 26.6. The Morgan fingerprint density at radius 1 is 0.620 bits per heavy atom. The number of nitrogens with zero attached hydrogens (tertiary/aromatic N) is 4. The van der Waals surface area contributed by atoms with Gasteiger partial charge in [0.2, 0.25) is 0 Å². The number of aldehydes is 1. The van der Waals surface area contributed by atoms with Gasteiger partial charge in [-0.2, -0.15) is 10.2 Å².